The fourth-order valence-electron chi connectivity index (χ4n) is 2.60. The molecule has 1 saturated heterocycles. The van der Waals surface area contributed by atoms with E-state index in [0.29, 0.717) is 25.0 Å². The van der Waals surface area contributed by atoms with Gasteiger partial charge in [0.05, 0.1) is 11.9 Å². The van der Waals surface area contributed by atoms with Gasteiger partial charge >= 0.3 is 0 Å². The molecule has 3 N–H and O–H groups in total. The van der Waals surface area contributed by atoms with Crippen molar-refractivity contribution in [3.63, 3.8) is 0 Å². The zero-order valence-corrected chi connectivity index (χ0v) is 16.8. The zero-order valence-electron chi connectivity index (χ0n) is 16.0. The number of hydrogen-bond acceptors (Lipinski definition) is 4. The third kappa shape index (κ3) is 11.4. The average molecular weight is 377 g/mol. The van der Waals surface area contributed by atoms with E-state index in [0.717, 1.165) is 51.8 Å². The standard InChI is InChI=1S/C17H36N4O3S/c1-4-18-17(19-10-7-8-15(2)3)20-11-13-25(22,23)21-14-16-9-5-6-12-24-16/h15-16,21H,4-14H2,1-3H3,(H2,18,19,20). The Kier molecular flexibility index (Phi) is 11.1. The van der Waals surface area contributed by atoms with E-state index in [1.165, 1.54) is 0 Å². The second kappa shape index (κ2) is 12.5. The Morgan fingerprint density at radius 1 is 1.28 bits per heavy atom. The summed E-state index contributed by atoms with van der Waals surface area (Å²) < 4.78 is 32.4. The lowest BCUT2D eigenvalue weighted by Crippen LogP contribution is -2.42. The number of ether oxygens (including phenoxy) is 1. The van der Waals surface area contributed by atoms with Crippen molar-refractivity contribution in [1.82, 2.24) is 15.4 Å². The molecule has 1 rings (SSSR count). The molecule has 1 atom stereocenters. The van der Waals surface area contributed by atoms with Crippen LogP contribution in [0.5, 0.6) is 0 Å². The molecule has 0 aromatic heterocycles. The summed E-state index contributed by atoms with van der Waals surface area (Å²) in [5, 5.41) is 6.24. The lowest BCUT2D eigenvalue weighted by molar-refractivity contribution is 0.0200. The summed E-state index contributed by atoms with van der Waals surface area (Å²) in [6, 6.07) is 0. The molecule has 0 radical (unpaired) electrons. The van der Waals surface area contributed by atoms with Crippen molar-refractivity contribution in [1.29, 1.82) is 0 Å². The zero-order chi connectivity index (χ0) is 18.5. The molecule has 0 spiro atoms. The van der Waals surface area contributed by atoms with E-state index in [9.17, 15) is 8.42 Å². The largest absolute Gasteiger partial charge is 0.377 e. The number of hydrogen-bond donors (Lipinski definition) is 3. The van der Waals surface area contributed by atoms with Gasteiger partial charge in [0.25, 0.3) is 0 Å². The molecule has 148 valence electrons. The lowest BCUT2D eigenvalue weighted by atomic mass is 10.1. The maximum Gasteiger partial charge on any atom is 0.213 e. The summed E-state index contributed by atoms with van der Waals surface area (Å²) in [7, 11) is -3.30. The highest BCUT2D eigenvalue weighted by atomic mass is 32.2. The monoisotopic (exact) mass is 376 g/mol. The van der Waals surface area contributed by atoms with E-state index in [1.54, 1.807) is 0 Å². The van der Waals surface area contributed by atoms with E-state index >= 15 is 0 Å². The maximum absolute atomic E-state index is 12.1. The molecule has 25 heavy (non-hydrogen) atoms. The summed E-state index contributed by atoms with van der Waals surface area (Å²) in [6.07, 6.45) is 5.29. The topological polar surface area (TPSA) is 91.8 Å². The smallest absolute Gasteiger partial charge is 0.213 e. The molecule has 0 aromatic carbocycles. The van der Waals surface area contributed by atoms with Crippen LogP contribution in [0.2, 0.25) is 0 Å². The van der Waals surface area contributed by atoms with Crippen LogP contribution in [0.15, 0.2) is 4.99 Å². The molecule has 7 nitrogen and oxygen atoms in total. The molecule has 0 aromatic rings. The van der Waals surface area contributed by atoms with Gasteiger partial charge < -0.3 is 15.4 Å². The van der Waals surface area contributed by atoms with Gasteiger partial charge in [-0.3, -0.25) is 4.99 Å². The fraction of sp³-hybridized carbons (Fsp3) is 0.941. The van der Waals surface area contributed by atoms with Crippen molar-refractivity contribution in [3.8, 4) is 0 Å². The van der Waals surface area contributed by atoms with Gasteiger partial charge in [-0.2, -0.15) is 0 Å². The van der Waals surface area contributed by atoms with E-state index < -0.39 is 10.0 Å². The molecule has 0 bridgehead atoms. The highest BCUT2D eigenvalue weighted by Gasteiger charge is 2.17. The van der Waals surface area contributed by atoms with Crippen LogP contribution in [0.4, 0.5) is 0 Å². The minimum absolute atomic E-state index is 0.0105. The highest BCUT2D eigenvalue weighted by Crippen LogP contribution is 2.11. The Morgan fingerprint density at radius 2 is 2.08 bits per heavy atom. The Labute approximate surface area is 153 Å². The van der Waals surface area contributed by atoms with E-state index in [2.05, 4.69) is 34.2 Å². The summed E-state index contributed by atoms with van der Waals surface area (Å²) in [4.78, 5) is 4.48. The molecule has 1 fully saturated rings. The summed E-state index contributed by atoms with van der Waals surface area (Å²) >= 11 is 0. The van der Waals surface area contributed by atoms with Crippen LogP contribution in [0.3, 0.4) is 0 Å². The number of rotatable bonds is 11. The van der Waals surface area contributed by atoms with Gasteiger partial charge in [-0.15, -0.1) is 0 Å². The molecule has 1 heterocycles. The molecular formula is C17H36N4O3S. The molecule has 0 aliphatic carbocycles. The summed E-state index contributed by atoms with van der Waals surface area (Å²) in [6.45, 7) is 9.31. The van der Waals surface area contributed by atoms with Gasteiger partial charge in [-0.25, -0.2) is 13.1 Å². The third-order valence-electron chi connectivity index (χ3n) is 4.02. The Morgan fingerprint density at radius 3 is 2.72 bits per heavy atom. The number of guanidine groups is 1. The van der Waals surface area contributed by atoms with Crippen LogP contribution >= 0.6 is 0 Å². The first-order valence-corrected chi connectivity index (χ1v) is 11.2. The lowest BCUT2D eigenvalue weighted by Gasteiger charge is -2.22. The van der Waals surface area contributed by atoms with Crippen molar-refractivity contribution in [2.75, 3.05) is 38.5 Å². The third-order valence-corrected chi connectivity index (χ3v) is 5.37. The average Bonchev–Trinajstić information content (AvgIpc) is 2.57. The molecule has 1 aliphatic rings. The Bertz CT molecular complexity index is 474. The quantitative estimate of drug-likeness (QED) is 0.288. The van der Waals surface area contributed by atoms with Gasteiger partial charge in [0.2, 0.25) is 10.0 Å². The van der Waals surface area contributed by atoms with Crippen LogP contribution in [-0.2, 0) is 14.8 Å². The number of nitrogens with zero attached hydrogens (tertiary/aromatic N) is 1. The molecule has 0 amide bonds. The van der Waals surface area contributed by atoms with Crippen LogP contribution in [0, 0.1) is 5.92 Å². The van der Waals surface area contributed by atoms with Crippen molar-refractivity contribution < 1.29 is 13.2 Å². The second-order valence-corrected chi connectivity index (χ2v) is 8.81. The van der Waals surface area contributed by atoms with Crippen LogP contribution in [-0.4, -0.2) is 59.0 Å². The highest BCUT2D eigenvalue weighted by molar-refractivity contribution is 7.89. The van der Waals surface area contributed by atoms with Crippen LogP contribution in [0.1, 0.15) is 52.9 Å². The van der Waals surface area contributed by atoms with Crippen molar-refractivity contribution >= 4 is 16.0 Å². The predicted molar refractivity (Wildman–Crippen MR) is 103 cm³/mol. The normalized spacial score (nSPS) is 19.2. The van der Waals surface area contributed by atoms with Crippen molar-refractivity contribution in [2.24, 2.45) is 10.9 Å². The minimum Gasteiger partial charge on any atom is -0.377 e. The van der Waals surface area contributed by atoms with E-state index in [4.69, 9.17) is 4.74 Å². The Balaban J connectivity index is 2.28. The summed E-state index contributed by atoms with van der Waals surface area (Å²) in [5.74, 6) is 1.38. The van der Waals surface area contributed by atoms with Crippen LogP contribution < -0.4 is 15.4 Å². The van der Waals surface area contributed by atoms with Gasteiger partial charge in [0, 0.05) is 32.8 Å². The second-order valence-electron chi connectivity index (χ2n) is 6.88. The van der Waals surface area contributed by atoms with Gasteiger partial charge in [0.15, 0.2) is 5.96 Å². The van der Waals surface area contributed by atoms with Gasteiger partial charge in [0.1, 0.15) is 0 Å². The van der Waals surface area contributed by atoms with E-state index in [-0.39, 0.29) is 11.9 Å². The van der Waals surface area contributed by atoms with Gasteiger partial charge in [-0.1, -0.05) is 13.8 Å². The molecular weight excluding hydrogens is 340 g/mol. The maximum atomic E-state index is 12.1. The molecule has 0 saturated carbocycles. The molecule has 8 heteroatoms. The first-order chi connectivity index (χ1) is 11.9. The van der Waals surface area contributed by atoms with E-state index in [1.807, 2.05) is 6.92 Å². The number of nitrogens with one attached hydrogen (secondary N) is 3. The first kappa shape index (κ1) is 22.2. The summed E-state index contributed by atoms with van der Waals surface area (Å²) in [5.41, 5.74) is 0. The van der Waals surface area contributed by atoms with Gasteiger partial charge in [-0.05, 0) is 44.9 Å². The number of aliphatic imine (C=N–C) groups is 1. The number of sulfonamides is 1. The van der Waals surface area contributed by atoms with Crippen LogP contribution in [0.25, 0.3) is 0 Å². The Hall–Kier alpha value is -0.860. The van der Waals surface area contributed by atoms with Crippen molar-refractivity contribution in [2.45, 2.75) is 59.0 Å². The first-order valence-electron chi connectivity index (χ1n) is 9.54. The van der Waals surface area contributed by atoms with Crippen molar-refractivity contribution in [3.05, 3.63) is 0 Å². The minimum atomic E-state index is -3.30. The molecule has 1 aliphatic heterocycles. The fourth-order valence-corrected chi connectivity index (χ4v) is 3.55. The molecule has 1 unspecified atom stereocenters. The predicted octanol–water partition coefficient (Wildman–Crippen LogP) is 1.47. The SMILES string of the molecule is CCNC(=NCCCC(C)C)NCCS(=O)(=O)NCC1CCCCO1.